The molecule has 0 saturated heterocycles. The molecule has 0 bridgehead atoms. The molecule has 20 heavy (non-hydrogen) atoms. The van der Waals surface area contributed by atoms with Gasteiger partial charge in [0.2, 0.25) is 0 Å². The average molecular weight is 312 g/mol. The minimum absolute atomic E-state index is 0.140. The van der Waals surface area contributed by atoms with Crippen LogP contribution in [0.4, 0.5) is 0 Å². The zero-order chi connectivity index (χ0) is 14.2. The summed E-state index contributed by atoms with van der Waals surface area (Å²) in [5.74, 6) is 0. The number of halogens is 2. The average Bonchev–Trinajstić information content (AvgIpc) is 2.38. The summed E-state index contributed by atoms with van der Waals surface area (Å²) in [4.78, 5) is 0. The van der Waals surface area contributed by atoms with Gasteiger partial charge in [0.15, 0.2) is 0 Å². The Morgan fingerprint density at radius 3 is 2.20 bits per heavy atom. The van der Waals surface area contributed by atoms with E-state index in [1.54, 1.807) is 0 Å². The highest BCUT2D eigenvalue weighted by atomic mass is 35.5. The van der Waals surface area contributed by atoms with Crippen LogP contribution in [0.2, 0.25) is 10.0 Å². The van der Waals surface area contributed by atoms with Crippen LogP contribution in [0, 0.1) is 5.41 Å². The molecule has 0 aromatic heterocycles. The van der Waals surface area contributed by atoms with Crippen molar-refractivity contribution < 1.29 is 0 Å². The molecule has 0 heterocycles. The monoisotopic (exact) mass is 311 g/mol. The molecule has 0 radical (unpaired) electrons. The molecular weight excluding hydrogens is 289 g/mol. The number of hydrogen-bond acceptors (Lipinski definition) is 1. The van der Waals surface area contributed by atoms with Gasteiger partial charge in [-0.1, -0.05) is 48.5 Å². The quantitative estimate of drug-likeness (QED) is 0.809. The van der Waals surface area contributed by atoms with Crippen molar-refractivity contribution >= 4 is 23.2 Å². The van der Waals surface area contributed by atoms with Gasteiger partial charge in [0.05, 0.1) is 0 Å². The molecule has 3 rings (SSSR count). The van der Waals surface area contributed by atoms with E-state index in [0.717, 1.165) is 16.6 Å². The van der Waals surface area contributed by atoms with E-state index in [-0.39, 0.29) is 5.41 Å². The minimum atomic E-state index is 0.140. The molecule has 3 heteroatoms. The lowest BCUT2D eigenvalue weighted by Gasteiger charge is -2.59. The Morgan fingerprint density at radius 2 is 1.65 bits per heavy atom. The van der Waals surface area contributed by atoms with Crippen LogP contribution < -0.4 is 5.32 Å². The topological polar surface area (TPSA) is 12.0 Å². The second-order valence-corrected chi connectivity index (χ2v) is 7.64. The molecule has 0 amide bonds. The first-order valence-electron chi connectivity index (χ1n) is 7.70. The van der Waals surface area contributed by atoms with Crippen LogP contribution in [-0.2, 0) is 5.41 Å². The molecule has 1 aromatic carbocycles. The lowest BCUT2D eigenvalue weighted by molar-refractivity contribution is -0.0117. The number of nitrogens with one attached hydrogen (secondary N) is 1. The van der Waals surface area contributed by atoms with Crippen LogP contribution in [0.3, 0.4) is 0 Å². The van der Waals surface area contributed by atoms with Crippen molar-refractivity contribution in [2.45, 2.75) is 50.4 Å². The highest BCUT2D eigenvalue weighted by Crippen LogP contribution is 2.63. The van der Waals surface area contributed by atoms with Crippen molar-refractivity contribution in [2.75, 3.05) is 13.6 Å². The first-order chi connectivity index (χ1) is 9.61. The molecule has 0 atom stereocenters. The van der Waals surface area contributed by atoms with Gasteiger partial charge in [-0.15, -0.1) is 0 Å². The van der Waals surface area contributed by atoms with Crippen molar-refractivity contribution in [3.05, 3.63) is 33.8 Å². The number of hydrogen-bond donors (Lipinski definition) is 1. The van der Waals surface area contributed by atoms with E-state index in [9.17, 15) is 0 Å². The largest absolute Gasteiger partial charge is 0.319 e. The van der Waals surface area contributed by atoms with E-state index in [0.29, 0.717) is 5.41 Å². The van der Waals surface area contributed by atoms with E-state index < -0.39 is 0 Å². The molecule has 110 valence electrons. The van der Waals surface area contributed by atoms with E-state index in [1.807, 2.05) is 25.2 Å². The smallest absolute Gasteiger partial charge is 0.0459 e. The maximum Gasteiger partial charge on any atom is 0.0459 e. The lowest BCUT2D eigenvalue weighted by atomic mass is 9.46. The third-order valence-electron chi connectivity index (χ3n) is 5.35. The zero-order valence-corrected chi connectivity index (χ0v) is 13.7. The predicted molar refractivity (Wildman–Crippen MR) is 86.8 cm³/mol. The van der Waals surface area contributed by atoms with Gasteiger partial charge >= 0.3 is 0 Å². The molecule has 1 aromatic rings. The molecule has 0 aliphatic heterocycles. The second kappa shape index (κ2) is 5.51. The summed E-state index contributed by atoms with van der Waals surface area (Å²) >= 11 is 13.0. The maximum absolute atomic E-state index is 6.48. The normalized spacial score (nSPS) is 23.6. The van der Waals surface area contributed by atoms with Gasteiger partial charge in [-0.2, -0.15) is 0 Å². The summed E-state index contributed by atoms with van der Waals surface area (Å²) in [7, 11) is 2.03. The van der Waals surface area contributed by atoms with Crippen molar-refractivity contribution in [1.82, 2.24) is 5.32 Å². The summed E-state index contributed by atoms with van der Waals surface area (Å²) < 4.78 is 0. The summed E-state index contributed by atoms with van der Waals surface area (Å²) in [5.41, 5.74) is 1.88. The second-order valence-electron chi connectivity index (χ2n) is 6.82. The maximum atomic E-state index is 6.48. The fourth-order valence-electron chi connectivity index (χ4n) is 4.77. The molecule has 2 aliphatic carbocycles. The Kier molecular flexibility index (Phi) is 4.05. The van der Waals surface area contributed by atoms with Gasteiger partial charge in [-0.25, -0.2) is 0 Å². The highest BCUT2D eigenvalue weighted by Gasteiger charge is 2.55. The van der Waals surface area contributed by atoms with Crippen LogP contribution >= 0.6 is 23.2 Å². The van der Waals surface area contributed by atoms with Crippen molar-refractivity contribution in [2.24, 2.45) is 5.41 Å². The Hall–Kier alpha value is -0.240. The van der Waals surface area contributed by atoms with E-state index in [4.69, 9.17) is 23.2 Å². The predicted octanol–water partition coefficient (Wildman–Crippen LogP) is 5.19. The van der Waals surface area contributed by atoms with E-state index >= 15 is 0 Å². The van der Waals surface area contributed by atoms with Gasteiger partial charge in [0, 0.05) is 22.0 Å². The van der Waals surface area contributed by atoms with Crippen LogP contribution in [0.15, 0.2) is 18.2 Å². The molecule has 2 aliphatic rings. The molecule has 1 N–H and O–H groups in total. The summed E-state index contributed by atoms with van der Waals surface area (Å²) in [6.45, 7) is 0.970. The number of likely N-dealkylation sites (N-methyl/N-ethyl adjacent to an activating group) is 1. The van der Waals surface area contributed by atoms with Gasteiger partial charge in [-0.3, -0.25) is 0 Å². The standard InChI is InChI=1S/C17H23Cl2N/c1-20-12-17(15-13(18)6-5-7-14(15)19)10-16(11-17)8-3-2-4-9-16/h5-7,20H,2-4,8-12H2,1H3. The van der Waals surface area contributed by atoms with Crippen LogP contribution in [0.25, 0.3) is 0 Å². The number of rotatable bonds is 3. The van der Waals surface area contributed by atoms with Gasteiger partial charge in [-0.05, 0) is 55.8 Å². The Balaban J connectivity index is 1.91. The zero-order valence-electron chi connectivity index (χ0n) is 12.1. The van der Waals surface area contributed by atoms with E-state index in [2.05, 4.69) is 5.32 Å². The van der Waals surface area contributed by atoms with Crippen molar-refractivity contribution in [1.29, 1.82) is 0 Å². The van der Waals surface area contributed by atoms with Gasteiger partial charge in [0.25, 0.3) is 0 Å². The Bertz CT molecular complexity index is 464. The van der Waals surface area contributed by atoms with Gasteiger partial charge in [0.1, 0.15) is 0 Å². The van der Waals surface area contributed by atoms with Crippen LogP contribution in [0.5, 0.6) is 0 Å². The highest BCUT2D eigenvalue weighted by molar-refractivity contribution is 6.36. The molecule has 0 unspecified atom stereocenters. The Labute approximate surface area is 132 Å². The first-order valence-corrected chi connectivity index (χ1v) is 8.46. The SMILES string of the molecule is CNCC1(c2c(Cl)cccc2Cl)CC2(CCCCC2)C1. The van der Waals surface area contributed by atoms with Crippen LogP contribution in [-0.4, -0.2) is 13.6 Å². The van der Waals surface area contributed by atoms with Gasteiger partial charge < -0.3 is 5.32 Å². The molecule has 1 nitrogen and oxygen atoms in total. The molecule has 2 saturated carbocycles. The molecule has 2 fully saturated rings. The summed E-state index contributed by atoms with van der Waals surface area (Å²) in [6.07, 6.45) is 9.46. The fourth-order valence-corrected chi connectivity index (χ4v) is 5.57. The lowest BCUT2D eigenvalue weighted by Crippen LogP contribution is -2.55. The fraction of sp³-hybridized carbons (Fsp3) is 0.647. The third kappa shape index (κ3) is 2.38. The number of benzene rings is 1. The minimum Gasteiger partial charge on any atom is -0.319 e. The first kappa shape index (κ1) is 14.7. The summed E-state index contributed by atoms with van der Waals surface area (Å²) in [5, 5.41) is 5.03. The van der Waals surface area contributed by atoms with E-state index in [1.165, 1.54) is 50.5 Å². The van der Waals surface area contributed by atoms with Crippen LogP contribution in [0.1, 0.15) is 50.5 Å². The van der Waals surface area contributed by atoms with Crippen molar-refractivity contribution in [3.63, 3.8) is 0 Å². The summed E-state index contributed by atoms with van der Waals surface area (Å²) in [6, 6.07) is 5.90. The Morgan fingerprint density at radius 1 is 1.05 bits per heavy atom. The molecule has 1 spiro atoms. The van der Waals surface area contributed by atoms with Crippen molar-refractivity contribution in [3.8, 4) is 0 Å². The molecular formula is C17H23Cl2N. The third-order valence-corrected chi connectivity index (χ3v) is 5.98.